The zero-order valence-corrected chi connectivity index (χ0v) is 13.6. The minimum absolute atomic E-state index is 0.201. The van der Waals surface area contributed by atoms with E-state index in [0.717, 1.165) is 6.07 Å². The highest BCUT2D eigenvalue weighted by Gasteiger charge is 2.35. The number of benzene rings is 1. The van der Waals surface area contributed by atoms with E-state index in [1.807, 2.05) is 0 Å². The lowest BCUT2D eigenvalue weighted by Crippen LogP contribution is -2.34. The molecule has 10 nitrogen and oxygen atoms in total. The van der Waals surface area contributed by atoms with Crippen LogP contribution in [0.25, 0.3) is 11.3 Å². The molecule has 0 spiro atoms. The summed E-state index contributed by atoms with van der Waals surface area (Å²) in [5.41, 5.74) is -0.988. The molecule has 0 bridgehead atoms. The number of hydrogen-bond donors (Lipinski definition) is 2. The van der Waals surface area contributed by atoms with Gasteiger partial charge in [-0.05, 0) is 26.0 Å². The Bertz CT molecular complexity index is 1010. The molecular formula is C16H12N4O6. The number of carboxylic acid groups (broad SMARTS) is 1. The van der Waals surface area contributed by atoms with Crippen LogP contribution >= 0.6 is 0 Å². The molecule has 0 radical (unpaired) electrons. The second-order valence-electron chi connectivity index (χ2n) is 6.04. The van der Waals surface area contributed by atoms with Gasteiger partial charge >= 0.3 is 12.2 Å². The highest BCUT2D eigenvalue weighted by atomic mass is 16.6. The molecule has 0 fully saturated rings. The van der Waals surface area contributed by atoms with Crippen molar-refractivity contribution in [2.75, 3.05) is 5.32 Å². The number of amides is 1. The SMILES string of the molecule is CC1(C)OC(=O)Nc2ccc(-c3c([N+](=O)[O-])cc(C#N)n3C(=O)O)cc21. The summed E-state index contributed by atoms with van der Waals surface area (Å²) in [7, 11) is 0. The topological polar surface area (TPSA) is 147 Å². The summed E-state index contributed by atoms with van der Waals surface area (Å²) < 4.78 is 5.78. The second-order valence-corrected chi connectivity index (χ2v) is 6.04. The quantitative estimate of drug-likeness (QED) is 0.619. The third-order valence-electron chi connectivity index (χ3n) is 4.01. The van der Waals surface area contributed by atoms with Crippen LogP contribution in [0.5, 0.6) is 0 Å². The Hall–Kier alpha value is -3.87. The number of rotatable bonds is 2. The lowest BCUT2D eigenvalue weighted by Gasteiger charge is -2.32. The molecule has 0 atom stereocenters. The van der Waals surface area contributed by atoms with Crippen LogP contribution in [0.2, 0.25) is 0 Å². The van der Waals surface area contributed by atoms with E-state index in [-0.39, 0.29) is 17.0 Å². The third kappa shape index (κ3) is 2.51. The molecular weight excluding hydrogens is 344 g/mol. The first-order chi connectivity index (χ1) is 12.2. The molecule has 1 aromatic heterocycles. The van der Waals surface area contributed by atoms with Gasteiger partial charge in [0.2, 0.25) is 0 Å². The number of nitrogens with zero attached hydrogens (tertiary/aromatic N) is 3. The number of aromatic nitrogens is 1. The molecule has 1 aromatic carbocycles. The van der Waals surface area contributed by atoms with Crippen LogP contribution in [0.3, 0.4) is 0 Å². The van der Waals surface area contributed by atoms with Crippen LogP contribution in [0.4, 0.5) is 21.0 Å². The summed E-state index contributed by atoms with van der Waals surface area (Å²) in [6.45, 7) is 3.28. The molecule has 0 saturated heterocycles. The minimum atomic E-state index is -1.52. The maximum Gasteiger partial charge on any atom is 0.417 e. The van der Waals surface area contributed by atoms with Crippen LogP contribution in [0.15, 0.2) is 24.3 Å². The summed E-state index contributed by atoms with van der Waals surface area (Å²) in [4.78, 5) is 33.8. The van der Waals surface area contributed by atoms with E-state index in [1.165, 1.54) is 18.2 Å². The Kier molecular flexibility index (Phi) is 3.65. The lowest BCUT2D eigenvalue weighted by atomic mass is 9.92. The third-order valence-corrected chi connectivity index (χ3v) is 4.01. The predicted octanol–water partition coefficient (Wildman–Crippen LogP) is 3.26. The Balaban J connectivity index is 2.31. The van der Waals surface area contributed by atoms with Gasteiger partial charge in [-0.1, -0.05) is 6.07 Å². The van der Waals surface area contributed by atoms with Crippen molar-refractivity contribution in [2.24, 2.45) is 0 Å². The lowest BCUT2D eigenvalue weighted by molar-refractivity contribution is -0.384. The molecule has 1 aliphatic rings. The fourth-order valence-corrected chi connectivity index (χ4v) is 2.92. The first kappa shape index (κ1) is 17.0. The number of nitriles is 1. The first-order valence-corrected chi connectivity index (χ1v) is 7.34. The number of anilines is 1. The number of ether oxygens (including phenoxy) is 1. The van der Waals surface area contributed by atoms with Crippen molar-refractivity contribution in [1.29, 1.82) is 5.26 Å². The normalized spacial score (nSPS) is 14.6. The van der Waals surface area contributed by atoms with Crippen molar-refractivity contribution in [3.8, 4) is 17.3 Å². The number of fused-ring (bicyclic) bond motifs is 1. The second kappa shape index (κ2) is 5.59. The van der Waals surface area contributed by atoms with Crippen LogP contribution in [0, 0.1) is 21.4 Å². The average Bonchev–Trinajstić information content (AvgIpc) is 2.93. The van der Waals surface area contributed by atoms with E-state index >= 15 is 0 Å². The smallest absolute Gasteiger partial charge is 0.417 e. The zero-order chi connectivity index (χ0) is 19.2. The molecule has 1 aliphatic heterocycles. The van der Waals surface area contributed by atoms with E-state index in [4.69, 9.17) is 10.00 Å². The van der Waals surface area contributed by atoms with Crippen LogP contribution in [-0.2, 0) is 10.3 Å². The Labute approximate surface area is 146 Å². The van der Waals surface area contributed by atoms with Gasteiger partial charge in [0, 0.05) is 11.1 Å². The van der Waals surface area contributed by atoms with Crippen molar-refractivity contribution in [2.45, 2.75) is 19.4 Å². The predicted molar refractivity (Wildman–Crippen MR) is 87.8 cm³/mol. The fraction of sp³-hybridized carbons (Fsp3) is 0.188. The van der Waals surface area contributed by atoms with Crippen molar-refractivity contribution in [3.05, 3.63) is 45.6 Å². The zero-order valence-electron chi connectivity index (χ0n) is 13.6. The number of carbonyl (C=O) groups is 2. The monoisotopic (exact) mass is 356 g/mol. The van der Waals surface area contributed by atoms with Crippen molar-refractivity contribution in [1.82, 2.24) is 4.57 Å². The highest BCUT2D eigenvalue weighted by molar-refractivity contribution is 5.91. The number of nitrogens with one attached hydrogen (secondary N) is 1. The largest absolute Gasteiger partial charge is 0.464 e. The molecule has 1 amide bonds. The van der Waals surface area contributed by atoms with Gasteiger partial charge < -0.3 is 9.84 Å². The summed E-state index contributed by atoms with van der Waals surface area (Å²) in [6.07, 6.45) is -2.16. The van der Waals surface area contributed by atoms with Gasteiger partial charge in [0.25, 0.3) is 5.69 Å². The van der Waals surface area contributed by atoms with Gasteiger partial charge in [-0.15, -0.1) is 0 Å². The number of nitro groups is 1. The standard InChI is InChI=1S/C16H12N4O6/c1-16(2)10-5-8(3-4-11(10)18-14(21)26-16)13-12(20(24)25)6-9(7-17)19(13)15(22)23/h3-6H,1-2H3,(H,18,21)(H,22,23). The van der Waals surface area contributed by atoms with Crippen LogP contribution in [0.1, 0.15) is 25.1 Å². The number of carbonyl (C=O) groups excluding carboxylic acids is 1. The minimum Gasteiger partial charge on any atom is -0.464 e. The maximum absolute atomic E-state index is 11.6. The van der Waals surface area contributed by atoms with E-state index < -0.39 is 28.4 Å². The fourth-order valence-electron chi connectivity index (χ4n) is 2.92. The summed E-state index contributed by atoms with van der Waals surface area (Å²) >= 11 is 0. The summed E-state index contributed by atoms with van der Waals surface area (Å²) in [5, 5.41) is 32.4. The molecule has 10 heteroatoms. The van der Waals surface area contributed by atoms with Gasteiger partial charge in [0.1, 0.15) is 23.1 Å². The van der Waals surface area contributed by atoms with Gasteiger partial charge in [-0.3, -0.25) is 15.4 Å². The number of hydrogen-bond acceptors (Lipinski definition) is 6. The molecule has 2 aromatic rings. The first-order valence-electron chi connectivity index (χ1n) is 7.34. The molecule has 0 unspecified atom stereocenters. The van der Waals surface area contributed by atoms with Crippen molar-refractivity contribution >= 4 is 23.6 Å². The van der Waals surface area contributed by atoms with E-state index in [9.17, 15) is 24.8 Å². The van der Waals surface area contributed by atoms with Gasteiger partial charge in [0.15, 0.2) is 0 Å². The summed E-state index contributed by atoms with van der Waals surface area (Å²) in [6, 6.07) is 6.99. The van der Waals surface area contributed by atoms with E-state index in [1.54, 1.807) is 19.9 Å². The van der Waals surface area contributed by atoms with Crippen LogP contribution in [-0.4, -0.2) is 26.8 Å². The summed E-state index contributed by atoms with van der Waals surface area (Å²) in [5.74, 6) is 0. The Morgan fingerprint density at radius 2 is 2.12 bits per heavy atom. The van der Waals surface area contributed by atoms with Gasteiger partial charge in [-0.2, -0.15) is 5.26 Å². The highest BCUT2D eigenvalue weighted by Crippen LogP contribution is 2.40. The molecule has 132 valence electrons. The maximum atomic E-state index is 11.6. The Morgan fingerprint density at radius 1 is 1.42 bits per heavy atom. The van der Waals surface area contributed by atoms with E-state index in [0.29, 0.717) is 15.8 Å². The van der Waals surface area contributed by atoms with Crippen molar-refractivity contribution < 1.29 is 24.4 Å². The average molecular weight is 356 g/mol. The molecule has 0 aliphatic carbocycles. The molecule has 3 rings (SSSR count). The van der Waals surface area contributed by atoms with Gasteiger partial charge in [-0.25, -0.2) is 14.2 Å². The van der Waals surface area contributed by atoms with Gasteiger partial charge in [0.05, 0.1) is 16.7 Å². The number of cyclic esters (lactones) is 1. The van der Waals surface area contributed by atoms with Crippen LogP contribution < -0.4 is 5.32 Å². The molecule has 26 heavy (non-hydrogen) atoms. The molecule has 0 saturated carbocycles. The van der Waals surface area contributed by atoms with Crippen molar-refractivity contribution in [3.63, 3.8) is 0 Å². The van der Waals surface area contributed by atoms with E-state index in [2.05, 4.69) is 5.32 Å². The molecule has 2 heterocycles. The molecule has 2 N–H and O–H groups in total. The Morgan fingerprint density at radius 3 is 2.69 bits per heavy atom.